The topological polar surface area (TPSA) is 55.4 Å². The molecule has 0 spiro atoms. The van der Waals surface area contributed by atoms with E-state index >= 15 is 0 Å². The molecule has 1 unspecified atom stereocenters. The van der Waals surface area contributed by atoms with Gasteiger partial charge in [-0.1, -0.05) is 6.42 Å². The molecule has 0 aromatic heterocycles. The quantitative estimate of drug-likeness (QED) is 0.305. The largest absolute Gasteiger partial charge is 0.466 e. The van der Waals surface area contributed by atoms with E-state index in [0.29, 0.717) is 24.7 Å². The van der Waals surface area contributed by atoms with Crippen molar-refractivity contribution >= 4 is 37.6 Å². The Hall–Kier alpha value is -0.360. The molecule has 4 nitrogen and oxygen atoms in total. The van der Waals surface area contributed by atoms with Gasteiger partial charge in [-0.25, -0.2) is 0 Å². The Morgan fingerprint density at radius 1 is 1.35 bits per heavy atom. The van der Waals surface area contributed by atoms with Gasteiger partial charge in [-0.2, -0.15) is 25.3 Å². The van der Waals surface area contributed by atoms with Crippen LogP contribution in [0.15, 0.2) is 0 Å². The van der Waals surface area contributed by atoms with Crippen LogP contribution in [0.5, 0.6) is 0 Å². The number of carbonyl (C=O) groups is 2. The maximum atomic E-state index is 11.3. The summed E-state index contributed by atoms with van der Waals surface area (Å²) in [4.78, 5) is 21.1. The Morgan fingerprint density at radius 3 is 2.76 bits per heavy atom. The molecule has 0 radical (unpaired) electrons. The fourth-order valence-corrected chi connectivity index (χ4v) is 2.17. The lowest BCUT2D eigenvalue weighted by molar-refractivity contribution is -0.129. The van der Waals surface area contributed by atoms with Gasteiger partial charge in [0.05, 0.1) is 6.54 Å². The van der Waals surface area contributed by atoms with Crippen LogP contribution in [-0.4, -0.2) is 36.5 Å². The molecule has 0 fully saturated rings. The van der Waals surface area contributed by atoms with E-state index in [0.717, 1.165) is 31.4 Å². The monoisotopic (exact) mass is 279 g/mol. The summed E-state index contributed by atoms with van der Waals surface area (Å²) in [6.45, 7) is 0.989. The average molecular weight is 279 g/mol. The zero-order chi connectivity index (χ0) is 12.9. The van der Waals surface area contributed by atoms with Crippen molar-refractivity contribution in [3.05, 3.63) is 0 Å². The normalized spacial score (nSPS) is 11.9. The summed E-state index contributed by atoms with van der Waals surface area (Å²) < 4.78 is 4.46. The highest BCUT2D eigenvalue weighted by molar-refractivity contribution is 7.81. The van der Waals surface area contributed by atoms with Gasteiger partial charge in [-0.15, -0.1) is 0 Å². The Bertz CT molecular complexity index is 215. The fourth-order valence-electron chi connectivity index (χ4n) is 1.34. The highest BCUT2D eigenvalue weighted by Gasteiger charge is 2.04. The van der Waals surface area contributed by atoms with Gasteiger partial charge >= 0.3 is 0 Å². The number of hydrogen-bond acceptors (Lipinski definition) is 5. The summed E-state index contributed by atoms with van der Waals surface area (Å²) in [5.41, 5.74) is 0. The van der Waals surface area contributed by atoms with Gasteiger partial charge in [0.15, 0.2) is 0 Å². The summed E-state index contributed by atoms with van der Waals surface area (Å²) in [5.74, 6) is 0.857. The molecule has 1 atom stereocenters. The van der Waals surface area contributed by atoms with Gasteiger partial charge in [-0.3, -0.25) is 9.59 Å². The van der Waals surface area contributed by atoms with Crippen molar-refractivity contribution < 1.29 is 14.3 Å². The summed E-state index contributed by atoms with van der Waals surface area (Å²) in [6, 6.07) is 0. The molecule has 1 N–H and O–H groups in total. The lowest BCUT2D eigenvalue weighted by Crippen LogP contribution is -2.26. The van der Waals surface area contributed by atoms with Crippen LogP contribution in [-0.2, 0) is 14.3 Å². The lowest BCUT2D eigenvalue weighted by atomic mass is 10.1. The molecule has 0 aliphatic rings. The van der Waals surface area contributed by atoms with E-state index in [9.17, 15) is 9.59 Å². The number of rotatable bonds is 11. The van der Waals surface area contributed by atoms with Crippen LogP contribution in [0.2, 0.25) is 0 Å². The summed E-state index contributed by atoms with van der Waals surface area (Å²) in [6.07, 6.45) is 4.40. The third-order valence-corrected chi connectivity index (χ3v) is 3.04. The number of thiol groups is 2. The smallest absolute Gasteiger partial charge is 0.293 e. The predicted octanol–water partition coefficient (Wildman–Crippen LogP) is 1.45. The number of unbranched alkanes of at least 4 members (excludes halogenated alkanes) is 1. The molecule has 0 aromatic carbocycles. The molecule has 6 heteroatoms. The molecule has 1 amide bonds. The molecule has 0 saturated heterocycles. The molecule has 100 valence electrons. The third-order valence-electron chi connectivity index (χ3n) is 2.26. The Morgan fingerprint density at radius 2 is 2.12 bits per heavy atom. The zero-order valence-electron chi connectivity index (χ0n) is 9.93. The number of ether oxygens (including phenoxy) is 1. The second-order valence-corrected chi connectivity index (χ2v) is 4.91. The van der Waals surface area contributed by atoms with Crippen LogP contribution < -0.4 is 5.32 Å². The van der Waals surface area contributed by atoms with Gasteiger partial charge < -0.3 is 10.1 Å². The number of amides is 1. The Balaban J connectivity index is 3.29. The van der Waals surface area contributed by atoms with Crippen molar-refractivity contribution in [1.29, 1.82) is 0 Å². The van der Waals surface area contributed by atoms with Crippen LogP contribution in [0.3, 0.4) is 0 Å². The lowest BCUT2D eigenvalue weighted by Gasteiger charge is -2.08. The van der Waals surface area contributed by atoms with Gasteiger partial charge in [-0.05, 0) is 25.0 Å². The van der Waals surface area contributed by atoms with E-state index in [1.54, 1.807) is 0 Å². The van der Waals surface area contributed by atoms with Crippen molar-refractivity contribution in [3.63, 3.8) is 0 Å². The van der Waals surface area contributed by atoms with Crippen LogP contribution in [0.4, 0.5) is 0 Å². The van der Waals surface area contributed by atoms with Crippen molar-refractivity contribution in [2.24, 2.45) is 0 Å². The molecule has 0 heterocycles. The summed E-state index contributed by atoms with van der Waals surface area (Å²) in [5, 5.41) is 3.06. The third kappa shape index (κ3) is 11.9. The maximum Gasteiger partial charge on any atom is 0.293 e. The zero-order valence-corrected chi connectivity index (χ0v) is 11.7. The SMILES string of the molecule is O=COCCNC(=O)CCCCC(S)CCS. The average Bonchev–Trinajstić information content (AvgIpc) is 2.31. The molecular weight excluding hydrogens is 258 g/mol. The summed E-state index contributed by atoms with van der Waals surface area (Å²) >= 11 is 8.56. The number of carbonyl (C=O) groups excluding carboxylic acids is 2. The van der Waals surface area contributed by atoms with Gasteiger partial charge in [0.2, 0.25) is 5.91 Å². The van der Waals surface area contributed by atoms with Crippen LogP contribution >= 0.6 is 25.3 Å². The molecule has 0 saturated carbocycles. The van der Waals surface area contributed by atoms with E-state index in [4.69, 9.17) is 0 Å². The molecule has 0 bridgehead atoms. The van der Waals surface area contributed by atoms with Crippen molar-refractivity contribution in [2.45, 2.75) is 37.4 Å². The molecule has 0 rings (SSSR count). The minimum Gasteiger partial charge on any atom is -0.466 e. The van der Waals surface area contributed by atoms with E-state index < -0.39 is 0 Å². The first-order valence-corrected chi connectivity index (χ1v) is 6.96. The van der Waals surface area contributed by atoms with E-state index in [-0.39, 0.29) is 12.5 Å². The molecule has 17 heavy (non-hydrogen) atoms. The molecule has 0 aromatic rings. The van der Waals surface area contributed by atoms with Crippen LogP contribution in [0.25, 0.3) is 0 Å². The molecule has 0 aliphatic carbocycles. The van der Waals surface area contributed by atoms with E-state index in [1.807, 2.05) is 0 Å². The number of nitrogens with one attached hydrogen (secondary N) is 1. The highest BCUT2D eigenvalue weighted by atomic mass is 32.1. The molecular formula is C11H21NO3S2. The standard InChI is InChI=1S/C11H21NO3S2/c13-9-15-7-6-12-11(14)4-2-1-3-10(17)5-8-16/h9-10,16-17H,1-8H2,(H,12,14). The van der Waals surface area contributed by atoms with E-state index in [1.165, 1.54) is 0 Å². The van der Waals surface area contributed by atoms with Crippen molar-refractivity contribution in [2.75, 3.05) is 18.9 Å². The maximum absolute atomic E-state index is 11.3. The highest BCUT2D eigenvalue weighted by Crippen LogP contribution is 2.12. The van der Waals surface area contributed by atoms with Crippen molar-refractivity contribution in [1.82, 2.24) is 5.32 Å². The van der Waals surface area contributed by atoms with Crippen LogP contribution in [0.1, 0.15) is 32.1 Å². The molecule has 0 aliphatic heterocycles. The minimum atomic E-state index is 0.00408. The first-order valence-electron chi connectivity index (χ1n) is 5.81. The Labute approximate surface area is 114 Å². The van der Waals surface area contributed by atoms with E-state index in [2.05, 4.69) is 35.3 Å². The van der Waals surface area contributed by atoms with Crippen molar-refractivity contribution in [3.8, 4) is 0 Å². The van der Waals surface area contributed by atoms with Gasteiger partial charge in [0.1, 0.15) is 6.61 Å². The van der Waals surface area contributed by atoms with Gasteiger partial charge in [0.25, 0.3) is 6.47 Å². The van der Waals surface area contributed by atoms with Crippen LogP contribution in [0, 0.1) is 0 Å². The minimum absolute atomic E-state index is 0.00408. The second kappa shape index (κ2) is 12.1. The van der Waals surface area contributed by atoms with Gasteiger partial charge in [0, 0.05) is 11.7 Å². The summed E-state index contributed by atoms with van der Waals surface area (Å²) in [7, 11) is 0. The first kappa shape index (κ1) is 16.6. The fraction of sp³-hybridized carbons (Fsp3) is 0.818. The number of hydrogen-bond donors (Lipinski definition) is 3. The second-order valence-electron chi connectivity index (χ2n) is 3.73. The Kier molecular flexibility index (Phi) is 11.8. The first-order chi connectivity index (χ1) is 8.20. The predicted molar refractivity (Wildman–Crippen MR) is 74.7 cm³/mol.